The van der Waals surface area contributed by atoms with Crippen molar-refractivity contribution in [2.75, 3.05) is 11.9 Å². The zero-order valence-corrected chi connectivity index (χ0v) is 13.5. The molecular formula is C16H13Cl2N3O2. The number of benzene rings is 1. The van der Waals surface area contributed by atoms with Gasteiger partial charge in [-0.25, -0.2) is 0 Å². The van der Waals surface area contributed by atoms with E-state index in [1.165, 1.54) is 18.3 Å². The van der Waals surface area contributed by atoms with Crippen molar-refractivity contribution in [3.05, 3.63) is 70.5 Å². The molecule has 0 fully saturated rings. The highest BCUT2D eigenvalue weighted by Gasteiger charge is 2.13. The van der Waals surface area contributed by atoms with E-state index in [1.807, 2.05) is 0 Å². The van der Waals surface area contributed by atoms with E-state index in [4.69, 9.17) is 23.2 Å². The second-order valence-corrected chi connectivity index (χ2v) is 5.27. The Morgan fingerprint density at radius 2 is 2.00 bits per heavy atom. The molecule has 0 unspecified atom stereocenters. The third-order valence-corrected chi connectivity index (χ3v) is 3.68. The average Bonchev–Trinajstić information content (AvgIpc) is 2.57. The summed E-state index contributed by atoms with van der Waals surface area (Å²) < 4.78 is 0. The molecule has 2 N–H and O–H groups in total. The Morgan fingerprint density at radius 1 is 1.22 bits per heavy atom. The Kier molecular flexibility index (Phi) is 5.73. The van der Waals surface area contributed by atoms with Gasteiger partial charge >= 0.3 is 0 Å². The molecule has 0 aliphatic rings. The second kappa shape index (κ2) is 7.76. The topological polar surface area (TPSA) is 71.1 Å². The number of anilines is 1. The summed E-state index contributed by atoms with van der Waals surface area (Å²) in [7, 11) is 0. The van der Waals surface area contributed by atoms with Gasteiger partial charge in [-0.05, 0) is 24.3 Å². The van der Waals surface area contributed by atoms with Crippen molar-refractivity contribution in [2.45, 2.75) is 0 Å². The molecule has 0 aliphatic heterocycles. The van der Waals surface area contributed by atoms with Crippen LogP contribution in [0.3, 0.4) is 0 Å². The number of carbonyl (C=O) groups is 2. The predicted molar refractivity (Wildman–Crippen MR) is 91.2 cm³/mol. The van der Waals surface area contributed by atoms with E-state index in [1.54, 1.807) is 24.3 Å². The van der Waals surface area contributed by atoms with Crippen molar-refractivity contribution in [2.24, 2.45) is 0 Å². The van der Waals surface area contributed by atoms with Gasteiger partial charge in [0.1, 0.15) is 5.69 Å². The van der Waals surface area contributed by atoms with Crippen molar-refractivity contribution < 1.29 is 9.59 Å². The van der Waals surface area contributed by atoms with Crippen LogP contribution in [0, 0.1) is 0 Å². The Bertz CT molecular complexity index is 763. The standard InChI is InChI=1S/C16H13Cl2N3O2/c1-2-7-20-15(22)10-6-8-19-13(9-10)16(23)21-12-5-3-4-11(17)14(12)18/h2-6,8-9H,1,7H2,(H,20,22)(H,21,23). The molecule has 0 spiro atoms. The van der Waals surface area contributed by atoms with Crippen molar-refractivity contribution in [1.29, 1.82) is 0 Å². The monoisotopic (exact) mass is 349 g/mol. The minimum Gasteiger partial charge on any atom is -0.349 e. The van der Waals surface area contributed by atoms with Crippen LogP contribution >= 0.6 is 23.2 Å². The van der Waals surface area contributed by atoms with Crippen LogP contribution in [0.5, 0.6) is 0 Å². The zero-order valence-electron chi connectivity index (χ0n) is 12.0. The van der Waals surface area contributed by atoms with Crippen LogP contribution in [0.4, 0.5) is 5.69 Å². The van der Waals surface area contributed by atoms with Crippen molar-refractivity contribution in [3.63, 3.8) is 0 Å². The molecule has 0 saturated heterocycles. The number of hydrogen-bond donors (Lipinski definition) is 2. The molecule has 2 rings (SSSR count). The average molecular weight is 350 g/mol. The highest BCUT2D eigenvalue weighted by molar-refractivity contribution is 6.44. The molecule has 23 heavy (non-hydrogen) atoms. The quantitative estimate of drug-likeness (QED) is 0.810. The number of rotatable bonds is 5. The Morgan fingerprint density at radius 3 is 2.74 bits per heavy atom. The van der Waals surface area contributed by atoms with E-state index in [2.05, 4.69) is 22.2 Å². The molecule has 5 nitrogen and oxygen atoms in total. The van der Waals surface area contributed by atoms with E-state index in [9.17, 15) is 9.59 Å². The molecule has 1 aromatic heterocycles. The van der Waals surface area contributed by atoms with Gasteiger partial charge in [0, 0.05) is 18.3 Å². The van der Waals surface area contributed by atoms with Gasteiger partial charge in [-0.1, -0.05) is 35.3 Å². The fraction of sp³-hybridized carbons (Fsp3) is 0.0625. The Hall–Kier alpha value is -2.37. The van der Waals surface area contributed by atoms with Crippen molar-refractivity contribution >= 4 is 40.7 Å². The van der Waals surface area contributed by atoms with Crippen LogP contribution in [-0.2, 0) is 0 Å². The summed E-state index contributed by atoms with van der Waals surface area (Å²) in [4.78, 5) is 28.1. The number of pyridine rings is 1. The van der Waals surface area contributed by atoms with Gasteiger partial charge in [0.15, 0.2) is 0 Å². The molecule has 0 atom stereocenters. The zero-order chi connectivity index (χ0) is 16.8. The van der Waals surface area contributed by atoms with E-state index < -0.39 is 5.91 Å². The first-order valence-electron chi connectivity index (χ1n) is 6.63. The first-order chi connectivity index (χ1) is 11.0. The lowest BCUT2D eigenvalue weighted by atomic mass is 10.2. The summed E-state index contributed by atoms with van der Waals surface area (Å²) >= 11 is 11.9. The Labute approximate surface area is 143 Å². The first-order valence-corrected chi connectivity index (χ1v) is 7.39. The van der Waals surface area contributed by atoms with E-state index >= 15 is 0 Å². The third-order valence-electron chi connectivity index (χ3n) is 2.86. The number of hydrogen-bond acceptors (Lipinski definition) is 3. The van der Waals surface area contributed by atoms with Crippen LogP contribution in [0.2, 0.25) is 10.0 Å². The van der Waals surface area contributed by atoms with Crippen LogP contribution in [0.25, 0.3) is 0 Å². The fourth-order valence-electron chi connectivity index (χ4n) is 1.75. The van der Waals surface area contributed by atoms with E-state index in [-0.39, 0.29) is 16.6 Å². The SMILES string of the molecule is C=CCNC(=O)c1ccnc(C(=O)Nc2cccc(Cl)c2Cl)c1. The summed E-state index contributed by atoms with van der Waals surface area (Å²) in [5.41, 5.74) is 0.781. The smallest absolute Gasteiger partial charge is 0.274 e. The minimum atomic E-state index is -0.493. The molecule has 2 aromatic rings. The normalized spacial score (nSPS) is 10.0. The lowest BCUT2D eigenvalue weighted by molar-refractivity contribution is 0.0958. The Balaban J connectivity index is 2.18. The van der Waals surface area contributed by atoms with Crippen LogP contribution in [-0.4, -0.2) is 23.3 Å². The molecule has 118 valence electrons. The third kappa shape index (κ3) is 4.31. The first kappa shape index (κ1) is 17.0. The minimum absolute atomic E-state index is 0.0901. The molecule has 2 amide bonds. The summed E-state index contributed by atoms with van der Waals surface area (Å²) in [6, 6.07) is 7.80. The fourth-order valence-corrected chi connectivity index (χ4v) is 2.10. The summed E-state index contributed by atoms with van der Waals surface area (Å²) in [6.07, 6.45) is 2.95. The maximum absolute atomic E-state index is 12.2. The lowest BCUT2D eigenvalue weighted by Gasteiger charge is -2.08. The van der Waals surface area contributed by atoms with Gasteiger partial charge in [-0.15, -0.1) is 6.58 Å². The van der Waals surface area contributed by atoms with Gasteiger partial charge in [0.25, 0.3) is 11.8 Å². The molecule has 1 heterocycles. The van der Waals surface area contributed by atoms with Crippen LogP contribution in [0.1, 0.15) is 20.8 Å². The lowest BCUT2D eigenvalue weighted by Crippen LogP contribution is -2.24. The van der Waals surface area contributed by atoms with Gasteiger partial charge in [-0.3, -0.25) is 14.6 Å². The van der Waals surface area contributed by atoms with Crippen LogP contribution in [0.15, 0.2) is 49.2 Å². The van der Waals surface area contributed by atoms with Gasteiger partial charge in [0.2, 0.25) is 0 Å². The maximum atomic E-state index is 12.2. The predicted octanol–water partition coefficient (Wildman–Crippen LogP) is 3.56. The van der Waals surface area contributed by atoms with Gasteiger partial charge in [0.05, 0.1) is 15.7 Å². The number of halogens is 2. The largest absolute Gasteiger partial charge is 0.349 e. The molecule has 1 aromatic carbocycles. The molecular weight excluding hydrogens is 337 g/mol. The summed E-state index contributed by atoms with van der Waals surface area (Å²) in [5, 5.41) is 5.80. The number of aromatic nitrogens is 1. The van der Waals surface area contributed by atoms with Gasteiger partial charge in [-0.2, -0.15) is 0 Å². The summed E-state index contributed by atoms with van der Waals surface area (Å²) in [5.74, 6) is -0.810. The number of nitrogens with one attached hydrogen (secondary N) is 2. The molecule has 0 radical (unpaired) electrons. The van der Waals surface area contributed by atoms with Gasteiger partial charge < -0.3 is 10.6 Å². The molecule has 0 bridgehead atoms. The number of amides is 2. The van der Waals surface area contributed by atoms with E-state index in [0.717, 1.165) is 0 Å². The highest BCUT2D eigenvalue weighted by Crippen LogP contribution is 2.29. The maximum Gasteiger partial charge on any atom is 0.274 e. The second-order valence-electron chi connectivity index (χ2n) is 4.48. The molecule has 0 aliphatic carbocycles. The number of carbonyl (C=O) groups excluding carboxylic acids is 2. The number of nitrogens with zero attached hydrogens (tertiary/aromatic N) is 1. The highest BCUT2D eigenvalue weighted by atomic mass is 35.5. The molecule has 7 heteroatoms. The summed E-state index contributed by atoms with van der Waals surface area (Å²) in [6.45, 7) is 3.85. The van der Waals surface area contributed by atoms with Crippen molar-refractivity contribution in [1.82, 2.24) is 10.3 Å². The van der Waals surface area contributed by atoms with E-state index in [0.29, 0.717) is 22.8 Å². The molecule has 0 saturated carbocycles. The van der Waals surface area contributed by atoms with Crippen LogP contribution < -0.4 is 10.6 Å². The van der Waals surface area contributed by atoms with Crippen molar-refractivity contribution in [3.8, 4) is 0 Å².